The first-order valence-electron chi connectivity index (χ1n) is 8.54. The fraction of sp³-hybridized carbons (Fsp3) is 0.263. The third kappa shape index (κ3) is 3.28. The van der Waals surface area contributed by atoms with Crippen LogP contribution in [0.15, 0.2) is 30.3 Å². The first kappa shape index (κ1) is 17.9. The van der Waals surface area contributed by atoms with Gasteiger partial charge in [-0.15, -0.1) is 0 Å². The molecule has 1 aliphatic heterocycles. The molecule has 0 bridgehead atoms. The third-order valence-corrected chi connectivity index (χ3v) is 4.88. The molecule has 4 rings (SSSR count). The van der Waals surface area contributed by atoms with E-state index in [-0.39, 0.29) is 5.56 Å². The molecule has 5 nitrogen and oxygen atoms in total. The Bertz CT molecular complexity index is 1010. The molecule has 1 fully saturated rings. The van der Waals surface area contributed by atoms with Gasteiger partial charge in [-0.1, -0.05) is 11.6 Å². The van der Waals surface area contributed by atoms with Gasteiger partial charge in [0, 0.05) is 48.4 Å². The number of nitrogens with one attached hydrogen (secondary N) is 1. The predicted octanol–water partition coefficient (Wildman–Crippen LogP) is 3.65. The van der Waals surface area contributed by atoms with E-state index in [2.05, 4.69) is 20.2 Å². The normalized spacial score (nSPS) is 14.6. The number of piperazine rings is 1. The van der Waals surface area contributed by atoms with Crippen LogP contribution in [0.3, 0.4) is 0 Å². The maximum atomic E-state index is 14.5. The molecule has 2 aromatic carbocycles. The van der Waals surface area contributed by atoms with Gasteiger partial charge in [-0.05, 0) is 24.3 Å². The Hall–Kier alpha value is -2.51. The summed E-state index contributed by atoms with van der Waals surface area (Å²) < 4.78 is 33.3. The molecule has 1 saturated heterocycles. The zero-order chi connectivity index (χ0) is 19.0. The van der Waals surface area contributed by atoms with Gasteiger partial charge in [0.25, 0.3) is 0 Å². The van der Waals surface area contributed by atoms with E-state index in [0.29, 0.717) is 33.3 Å². The molecule has 0 atom stereocenters. The number of aromatic nitrogens is 2. The highest BCUT2D eigenvalue weighted by Crippen LogP contribution is 2.40. The Morgan fingerprint density at radius 3 is 2.59 bits per heavy atom. The van der Waals surface area contributed by atoms with Crippen LogP contribution in [0.5, 0.6) is 5.88 Å². The molecule has 27 heavy (non-hydrogen) atoms. The lowest BCUT2D eigenvalue weighted by Gasteiger charge is -2.28. The number of hydrogen-bond donors (Lipinski definition) is 1. The maximum absolute atomic E-state index is 14.5. The smallest absolute Gasteiger partial charge is 0.229 e. The number of anilines is 1. The lowest BCUT2D eigenvalue weighted by atomic mass is 10.0. The summed E-state index contributed by atoms with van der Waals surface area (Å²) in [5.41, 5.74) is 1.14. The van der Waals surface area contributed by atoms with Crippen LogP contribution < -0.4 is 15.0 Å². The van der Waals surface area contributed by atoms with Crippen LogP contribution in [0.1, 0.15) is 0 Å². The molecule has 0 aliphatic carbocycles. The lowest BCUT2D eigenvalue weighted by Crippen LogP contribution is -2.44. The van der Waals surface area contributed by atoms with Gasteiger partial charge in [0.1, 0.15) is 11.6 Å². The Labute approximate surface area is 159 Å². The van der Waals surface area contributed by atoms with Gasteiger partial charge in [0.15, 0.2) is 0 Å². The molecule has 2 heterocycles. The molecular weight excluding hydrogens is 374 g/mol. The van der Waals surface area contributed by atoms with Gasteiger partial charge in [-0.25, -0.2) is 13.8 Å². The Morgan fingerprint density at radius 2 is 1.89 bits per heavy atom. The summed E-state index contributed by atoms with van der Waals surface area (Å²) in [6, 6.07) is 6.77. The minimum atomic E-state index is -0.711. The molecule has 1 N–H and O–H groups in total. The number of benzene rings is 2. The first-order valence-corrected chi connectivity index (χ1v) is 8.91. The summed E-state index contributed by atoms with van der Waals surface area (Å²) in [7, 11) is 1.50. The van der Waals surface area contributed by atoms with E-state index < -0.39 is 11.6 Å². The maximum Gasteiger partial charge on any atom is 0.229 e. The molecule has 1 aliphatic rings. The van der Waals surface area contributed by atoms with Crippen molar-refractivity contribution in [3.63, 3.8) is 0 Å². The fourth-order valence-corrected chi connectivity index (χ4v) is 3.52. The van der Waals surface area contributed by atoms with Crippen LogP contribution in [0, 0.1) is 11.6 Å². The molecule has 140 valence electrons. The molecule has 0 radical (unpaired) electrons. The number of halogens is 3. The Balaban J connectivity index is 1.95. The second-order valence-corrected chi connectivity index (χ2v) is 6.62. The first-order chi connectivity index (χ1) is 13.1. The minimum Gasteiger partial charge on any atom is -0.480 e. The lowest BCUT2D eigenvalue weighted by molar-refractivity contribution is 0.402. The number of fused-ring (bicyclic) bond motifs is 1. The van der Waals surface area contributed by atoms with Crippen molar-refractivity contribution < 1.29 is 13.5 Å². The van der Waals surface area contributed by atoms with E-state index in [4.69, 9.17) is 16.3 Å². The van der Waals surface area contributed by atoms with Crippen LogP contribution in [0.4, 0.5) is 14.7 Å². The largest absolute Gasteiger partial charge is 0.480 e. The quantitative estimate of drug-likeness (QED) is 0.739. The average Bonchev–Trinajstić information content (AvgIpc) is 2.68. The van der Waals surface area contributed by atoms with Crippen LogP contribution in [-0.4, -0.2) is 43.3 Å². The molecule has 0 amide bonds. The average molecular weight is 391 g/mol. The van der Waals surface area contributed by atoms with E-state index in [9.17, 15) is 8.78 Å². The van der Waals surface area contributed by atoms with Crippen molar-refractivity contribution in [1.29, 1.82) is 0 Å². The third-order valence-electron chi connectivity index (χ3n) is 4.56. The zero-order valence-electron chi connectivity index (χ0n) is 14.6. The molecule has 0 unspecified atom stereocenters. The standard InChI is InChI=1S/C19H17ClF2N4O/c1-27-18-17-15(24-19(25-18)26-8-6-23-7-9-26)5-4-13(20)16(17)12-3-2-11(21)10-14(12)22/h2-5,10,23H,6-9H2,1H3. The molecule has 8 heteroatoms. The van der Waals surface area contributed by atoms with Crippen LogP contribution in [0.2, 0.25) is 5.02 Å². The predicted molar refractivity (Wildman–Crippen MR) is 102 cm³/mol. The van der Waals surface area contributed by atoms with Crippen molar-refractivity contribution in [1.82, 2.24) is 15.3 Å². The van der Waals surface area contributed by atoms with Gasteiger partial charge >= 0.3 is 0 Å². The molecule has 1 aromatic heterocycles. The highest BCUT2D eigenvalue weighted by Gasteiger charge is 2.21. The summed E-state index contributed by atoms with van der Waals surface area (Å²) in [5, 5.41) is 4.09. The molecule has 3 aromatic rings. The summed E-state index contributed by atoms with van der Waals surface area (Å²) in [5.74, 6) is -0.516. The van der Waals surface area contributed by atoms with Crippen LogP contribution in [-0.2, 0) is 0 Å². The van der Waals surface area contributed by atoms with Gasteiger partial charge < -0.3 is 15.0 Å². The summed E-state index contributed by atoms with van der Waals surface area (Å²) in [4.78, 5) is 11.2. The fourth-order valence-electron chi connectivity index (χ4n) is 3.26. The Morgan fingerprint density at radius 1 is 1.11 bits per heavy atom. The van der Waals surface area contributed by atoms with Gasteiger partial charge in [-0.3, -0.25) is 0 Å². The topological polar surface area (TPSA) is 50.3 Å². The zero-order valence-corrected chi connectivity index (χ0v) is 15.4. The van der Waals surface area contributed by atoms with E-state index in [0.717, 1.165) is 32.2 Å². The van der Waals surface area contributed by atoms with Gasteiger partial charge in [0.05, 0.1) is 18.0 Å². The Kier molecular flexibility index (Phi) is 4.80. The number of nitrogens with zero attached hydrogens (tertiary/aromatic N) is 3. The number of ether oxygens (including phenoxy) is 1. The van der Waals surface area contributed by atoms with E-state index >= 15 is 0 Å². The van der Waals surface area contributed by atoms with E-state index in [1.807, 2.05) is 0 Å². The molecular formula is C19H17ClF2N4O. The van der Waals surface area contributed by atoms with Crippen molar-refractivity contribution in [2.75, 3.05) is 38.2 Å². The second kappa shape index (κ2) is 7.25. The monoisotopic (exact) mass is 390 g/mol. The van der Waals surface area contributed by atoms with Crippen molar-refractivity contribution in [2.24, 2.45) is 0 Å². The van der Waals surface area contributed by atoms with Gasteiger partial charge in [0.2, 0.25) is 11.8 Å². The van der Waals surface area contributed by atoms with Crippen molar-refractivity contribution in [3.05, 3.63) is 47.0 Å². The highest BCUT2D eigenvalue weighted by molar-refractivity contribution is 6.35. The van der Waals surface area contributed by atoms with Crippen molar-refractivity contribution in [3.8, 4) is 17.0 Å². The van der Waals surface area contributed by atoms with E-state index in [1.54, 1.807) is 12.1 Å². The summed E-state index contributed by atoms with van der Waals surface area (Å²) in [6.45, 7) is 3.25. The van der Waals surface area contributed by atoms with Crippen LogP contribution in [0.25, 0.3) is 22.0 Å². The van der Waals surface area contributed by atoms with Crippen LogP contribution >= 0.6 is 11.6 Å². The molecule has 0 spiro atoms. The molecule has 0 saturated carbocycles. The van der Waals surface area contributed by atoms with Crippen molar-refractivity contribution >= 4 is 28.5 Å². The number of rotatable bonds is 3. The summed E-state index contributed by atoms with van der Waals surface area (Å²) >= 11 is 6.38. The minimum absolute atomic E-state index is 0.170. The summed E-state index contributed by atoms with van der Waals surface area (Å²) in [6.07, 6.45) is 0. The number of methoxy groups -OCH3 is 1. The van der Waals surface area contributed by atoms with Gasteiger partial charge in [-0.2, -0.15) is 4.98 Å². The SMILES string of the molecule is COc1nc(N2CCNCC2)nc2ccc(Cl)c(-c3ccc(F)cc3F)c12. The second-order valence-electron chi connectivity index (χ2n) is 6.21. The highest BCUT2D eigenvalue weighted by atomic mass is 35.5. The number of hydrogen-bond acceptors (Lipinski definition) is 5. The van der Waals surface area contributed by atoms with E-state index in [1.165, 1.54) is 19.2 Å². The van der Waals surface area contributed by atoms with Crippen molar-refractivity contribution in [2.45, 2.75) is 0 Å².